The van der Waals surface area contributed by atoms with Crippen LogP contribution in [-0.2, 0) is 9.53 Å². The molecule has 4 saturated carbocycles. The van der Waals surface area contributed by atoms with Gasteiger partial charge < -0.3 is 15.6 Å². The van der Waals surface area contributed by atoms with Gasteiger partial charge in [-0.25, -0.2) is 9.59 Å². The number of carboxylic acids is 1. The lowest BCUT2D eigenvalue weighted by Gasteiger charge is -2.55. The number of nitrogens with one attached hydrogen (secondary N) is 1. The zero-order valence-corrected chi connectivity index (χ0v) is 16.1. The number of hydrogen-bond acceptors (Lipinski definition) is 4. The summed E-state index contributed by atoms with van der Waals surface area (Å²) in [5.74, 6) is 0.594. The Morgan fingerprint density at radius 1 is 1.21 bits per heavy atom. The number of rotatable bonds is 5. The summed E-state index contributed by atoms with van der Waals surface area (Å²) in [5, 5.41) is 17.2. The van der Waals surface area contributed by atoms with E-state index in [1.165, 1.54) is 31.1 Å². The predicted molar refractivity (Wildman–Crippen MR) is 104 cm³/mol. The number of anilines is 1. The zero-order valence-electron chi connectivity index (χ0n) is 16.1. The monoisotopic (exact) mass is 385 g/mol. The van der Waals surface area contributed by atoms with Crippen molar-refractivity contribution < 1.29 is 19.4 Å². The second-order valence-electron chi connectivity index (χ2n) is 8.82. The minimum Gasteiger partial charge on any atom is -0.480 e. The van der Waals surface area contributed by atoms with Gasteiger partial charge >= 0.3 is 12.1 Å². The number of ether oxygens (including phenoxy) is 1. The van der Waals surface area contributed by atoms with Crippen LogP contribution >= 0.6 is 0 Å². The second kappa shape index (κ2) is 6.79. The van der Waals surface area contributed by atoms with Gasteiger partial charge in [0.2, 0.25) is 0 Å². The van der Waals surface area contributed by atoms with Crippen LogP contribution in [0.3, 0.4) is 0 Å². The molecule has 1 aromatic carbocycles. The maximum atomic E-state index is 13.2. The van der Waals surface area contributed by atoms with Gasteiger partial charge in [-0.3, -0.25) is 10.3 Å². The first kappa shape index (κ1) is 18.8. The third-order valence-corrected chi connectivity index (χ3v) is 6.66. The van der Waals surface area contributed by atoms with Crippen molar-refractivity contribution in [2.45, 2.75) is 57.1 Å². The molecular formula is C21H27N3O4. The van der Waals surface area contributed by atoms with E-state index >= 15 is 0 Å². The SMILES string of the molecule is C[C@@H](C(=O)O)N(C(=O)OC12CC3CC(CC(C3)C1)C2)c1cccc(C(=N)N)c1. The molecule has 1 atom stereocenters. The molecule has 0 unspecified atom stereocenters. The van der Waals surface area contributed by atoms with Crippen molar-refractivity contribution in [3.05, 3.63) is 29.8 Å². The minimum atomic E-state index is -1.12. The van der Waals surface area contributed by atoms with Gasteiger partial charge in [0.25, 0.3) is 0 Å². The van der Waals surface area contributed by atoms with Crippen LogP contribution in [0.25, 0.3) is 0 Å². The molecule has 0 spiro atoms. The van der Waals surface area contributed by atoms with Gasteiger partial charge in [-0.1, -0.05) is 12.1 Å². The number of aliphatic carboxylic acids is 1. The van der Waals surface area contributed by atoms with Gasteiger partial charge in [0.1, 0.15) is 17.5 Å². The number of nitrogens with two attached hydrogens (primary N) is 1. The zero-order chi connectivity index (χ0) is 20.1. The lowest BCUT2D eigenvalue weighted by molar-refractivity contribution is -0.139. The highest BCUT2D eigenvalue weighted by molar-refractivity contribution is 5.99. The molecule has 1 amide bonds. The van der Waals surface area contributed by atoms with E-state index in [1.54, 1.807) is 24.3 Å². The van der Waals surface area contributed by atoms with Gasteiger partial charge in [-0.05, 0) is 75.3 Å². The van der Waals surface area contributed by atoms with E-state index in [2.05, 4.69) is 0 Å². The number of nitrogen functional groups attached to an aromatic ring is 1. The Morgan fingerprint density at radius 2 is 1.79 bits per heavy atom. The average molecular weight is 385 g/mol. The van der Waals surface area contributed by atoms with Crippen LogP contribution in [0, 0.1) is 23.2 Å². The number of benzene rings is 1. The molecule has 28 heavy (non-hydrogen) atoms. The smallest absolute Gasteiger partial charge is 0.415 e. The van der Waals surface area contributed by atoms with Gasteiger partial charge in [0.05, 0.1) is 0 Å². The van der Waals surface area contributed by atoms with Crippen molar-refractivity contribution in [3.63, 3.8) is 0 Å². The van der Waals surface area contributed by atoms with Gasteiger partial charge in [-0.15, -0.1) is 0 Å². The van der Waals surface area contributed by atoms with Crippen LogP contribution < -0.4 is 10.6 Å². The summed E-state index contributed by atoms with van der Waals surface area (Å²) >= 11 is 0. The predicted octanol–water partition coefficient (Wildman–Crippen LogP) is 3.36. The average Bonchev–Trinajstić information content (AvgIpc) is 2.60. The molecule has 4 bridgehead atoms. The standard InChI is InChI=1S/C21H27N3O4/c1-12(19(25)26)24(17-4-2-3-16(8-17)18(22)23)20(27)28-21-9-13-5-14(10-21)7-15(6-13)11-21/h2-4,8,12-15H,5-7,9-11H2,1H3,(H3,22,23)(H,25,26)/t12-,13?,14?,15?,21?/m0/s1. The molecule has 4 aliphatic carbocycles. The molecule has 1 aromatic rings. The van der Waals surface area contributed by atoms with E-state index < -0.39 is 23.7 Å². The number of amides is 1. The van der Waals surface area contributed by atoms with Crippen LogP contribution in [0.1, 0.15) is 51.0 Å². The first-order valence-electron chi connectivity index (χ1n) is 9.96. The molecule has 7 heteroatoms. The lowest BCUT2D eigenvalue weighted by Crippen LogP contribution is -2.55. The van der Waals surface area contributed by atoms with Crippen molar-refractivity contribution >= 4 is 23.6 Å². The topological polar surface area (TPSA) is 117 Å². The quantitative estimate of drug-likeness (QED) is 0.531. The van der Waals surface area contributed by atoms with Crippen molar-refractivity contribution in [2.24, 2.45) is 23.5 Å². The maximum absolute atomic E-state index is 13.2. The molecule has 150 valence electrons. The molecule has 0 saturated heterocycles. The normalized spacial score (nSPS) is 31.2. The third-order valence-electron chi connectivity index (χ3n) is 6.66. The Balaban J connectivity index is 1.62. The summed E-state index contributed by atoms with van der Waals surface area (Å²) < 4.78 is 6.08. The summed E-state index contributed by atoms with van der Waals surface area (Å²) in [4.78, 5) is 26.1. The van der Waals surface area contributed by atoms with Gasteiger partial charge in [0.15, 0.2) is 0 Å². The van der Waals surface area contributed by atoms with E-state index in [-0.39, 0.29) is 5.84 Å². The molecule has 4 fully saturated rings. The van der Waals surface area contributed by atoms with Crippen molar-refractivity contribution in [3.8, 4) is 0 Å². The maximum Gasteiger partial charge on any atom is 0.415 e. The van der Waals surface area contributed by atoms with Gasteiger partial charge in [0, 0.05) is 11.3 Å². The van der Waals surface area contributed by atoms with Gasteiger partial charge in [-0.2, -0.15) is 0 Å². The molecular weight excluding hydrogens is 358 g/mol. The highest BCUT2D eigenvalue weighted by atomic mass is 16.6. The fraction of sp³-hybridized carbons (Fsp3) is 0.571. The molecule has 0 aliphatic heterocycles. The van der Waals surface area contributed by atoms with Crippen LogP contribution in [0.5, 0.6) is 0 Å². The van der Waals surface area contributed by atoms with Crippen molar-refractivity contribution in [1.82, 2.24) is 0 Å². The Hall–Kier alpha value is -2.57. The number of nitrogens with zero attached hydrogens (tertiary/aromatic N) is 1. The number of carbonyl (C=O) groups is 2. The van der Waals surface area contributed by atoms with Crippen LogP contribution in [0.4, 0.5) is 10.5 Å². The number of carbonyl (C=O) groups excluding carboxylic acids is 1. The van der Waals surface area contributed by atoms with E-state index in [4.69, 9.17) is 15.9 Å². The third kappa shape index (κ3) is 3.34. The van der Waals surface area contributed by atoms with E-state index in [0.717, 1.165) is 19.3 Å². The summed E-state index contributed by atoms with van der Waals surface area (Å²) in [7, 11) is 0. The fourth-order valence-electron chi connectivity index (χ4n) is 5.81. The van der Waals surface area contributed by atoms with E-state index in [1.807, 2.05) is 0 Å². The lowest BCUT2D eigenvalue weighted by atomic mass is 9.54. The number of hydrogen-bond donors (Lipinski definition) is 3. The molecule has 5 rings (SSSR count). The number of amidine groups is 1. The first-order chi connectivity index (χ1) is 13.3. The molecule has 4 N–H and O–H groups in total. The first-order valence-corrected chi connectivity index (χ1v) is 9.96. The molecule has 0 heterocycles. The fourth-order valence-corrected chi connectivity index (χ4v) is 5.81. The van der Waals surface area contributed by atoms with Crippen molar-refractivity contribution in [1.29, 1.82) is 5.41 Å². The van der Waals surface area contributed by atoms with E-state index in [9.17, 15) is 14.7 Å². The molecule has 7 nitrogen and oxygen atoms in total. The highest BCUT2D eigenvalue weighted by Gasteiger charge is 2.53. The molecule has 4 aliphatic rings. The molecule has 0 aromatic heterocycles. The summed E-state index contributed by atoms with van der Waals surface area (Å²) in [6.45, 7) is 1.46. The van der Waals surface area contributed by atoms with Crippen LogP contribution in [0.15, 0.2) is 24.3 Å². The van der Waals surface area contributed by atoms with Crippen LogP contribution in [-0.4, -0.2) is 34.6 Å². The van der Waals surface area contributed by atoms with Crippen molar-refractivity contribution in [2.75, 3.05) is 4.90 Å². The Bertz CT molecular complexity index is 786. The van der Waals surface area contributed by atoms with E-state index in [0.29, 0.717) is 29.0 Å². The second-order valence-corrected chi connectivity index (χ2v) is 8.82. The molecule has 0 radical (unpaired) electrons. The summed E-state index contributed by atoms with van der Waals surface area (Å²) in [5.41, 5.74) is 5.91. The van der Waals surface area contributed by atoms with Crippen LogP contribution in [0.2, 0.25) is 0 Å². The Labute approximate surface area is 164 Å². The summed E-state index contributed by atoms with van der Waals surface area (Å²) in [6.07, 6.45) is 5.71. The largest absolute Gasteiger partial charge is 0.480 e. The highest BCUT2D eigenvalue weighted by Crippen LogP contribution is 2.57. The number of carboxylic acid groups (broad SMARTS) is 1. The Morgan fingerprint density at radius 3 is 2.29 bits per heavy atom. The minimum absolute atomic E-state index is 0.140. The summed E-state index contributed by atoms with van der Waals surface area (Å²) in [6, 6.07) is 5.42. The Kier molecular flexibility index (Phi) is 4.56.